The summed E-state index contributed by atoms with van der Waals surface area (Å²) in [7, 11) is 0. The second-order valence-corrected chi connectivity index (χ2v) is 6.43. The van der Waals surface area contributed by atoms with Crippen molar-refractivity contribution < 1.29 is 14.2 Å². The number of benzene rings is 1. The highest BCUT2D eigenvalue weighted by Crippen LogP contribution is 2.29. The van der Waals surface area contributed by atoms with Crippen LogP contribution in [0.4, 0.5) is 4.39 Å². The number of guanidine groups is 1. The van der Waals surface area contributed by atoms with Gasteiger partial charge in [-0.1, -0.05) is 19.9 Å². The maximum Gasteiger partial charge on any atom is 0.191 e. The van der Waals surface area contributed by atoms with Crippen molar-refractivity contribution in [1.82, 2.24) is 10.6 Å². The Kier molecular flexibility index (Phi) is 10.0. The van der Waals surface area contributed by atoms with Crippen LogP contribution in [0.15, 0.2) is 23.2 Å². The van der Waals surface area contributed by atoms with Gasteiger partial charge in [0.1, 0.15) is 0 Å². The minimum Gasteiger partial charge on any atom is -0.491 e. The van der Waals surface area contributed by atoms with E-state index < -0.39 is 0 Å². The molecule has 0 fully saturated rings. The van der Waals surface area contributed by atoms with Crippen molar-refractivity contribution in [2.75, 3.05) is 26.3 Å². The van der Waals surface area contributed by atoms with Crippen molar-refractivity contribution in [2.24, 2.45) is 10.4 Å². The first-order valence-electron chi connectivity index (χ1n) is 9.58. The van der Waals surface area contributed by atoms with Gasteiger partial charge >= 0.3 is 0 Å². The molecule has 26 heavy (non-hydrogen) atoms. The van der Waals surface area contributed by atoms with E-state index in [4.69, 9.17) is 4.74 Å². The van der Waals surface area contributed by atoms with Crippen LogP contribution in [0.3, 0.4) is 0 Å². The van der Waals surface area contributed by atoms with Gasteiger partial charge in [-0.05, 0) is 56.2 Å². The Morgan fingerprint density at radius 3 is 2.46 bits per heavy atom. The average Bonchev–Trinajstić information content (AvgIpc) is 2.65. The van der Waals surface area contributed by atoms with Gasteiger partial charge in [0.05, 0.1) is 13.2 Å². The zero-order valence-electron chi connectivity index (χ0n) is 16.6. The highest BCUT2D eigenvalue weighted by molar-refractivity contribution is 5.79. The van der Waals surface area contributed by atoms with E-state index in [9.17, 15) is 9.50 Å². The van der Waals surface area contributed by atoms with Gasteiger partial charge in [0.25, 0.3) is 0 Å². The van der Waals surface area contributed by atoms with Gasteiger partial charge in [-0.15, -0.1) is 0 Å². The first-order valence-corrected chi connectivity index (χ1v) is 9.58. The molecule has 0 bridgehead atoms. The van der Waals surface area contributed by atoms with E-state index in [1.807, 2.05) is 19.9 Å². The Hall–Kier alpha value is -1.82. The third-order valence-electron chi connectivity index (χ3n) is 4.83. The summed E-state index contributed by atoms with van der Waals surface area (Å²) in [6.45, 7) is 10.6. The molecule has 0 radical (unpaired) electrons. The number of aliphatic imine (C=N–C) groups is 1. The van der Waals surface area contributed by atoms with Crippen molar-refractivity contribution >= 4 is 5.96 Å². The number of aliphatic hydroxyl groups is 1. The van der Waals surface area contributed by atoms with Crippen LogP contribution in [0.1, 0.15) is 52.5 Å². The van der Waals surface area contributed by atoms with Crippen molar-refractivity contribution in [3.8, 4) is 5.75 Å². The van der Waals surface area contributed by atoms with E-state index in [2.05, 4.69) is 29.5 Å². The van der Waals surface area contributed by atoms with Gasteiger partial charge in [-0.25, -0.2) is 9.38 Å². The van der Waals surface area contributed by atoms with Gasteiger partial charge in [0.15, 0.2) is 17.5 Å². The van der Waals surface area contributed by atoms with E-state index in [0.29, 0.717) is 19.1 Å². The molecule has 0 atom stereocenters. The molecule has 0 heterocycles. The SMILES string of the molecule is CCNC(=NCc1ccc(OCC)c(F)c1)NCC(CC)(CC)CCO. The number of aliphatic hydroxyl groups excluding tert-OH is 1. The standard InChI is InChI=1S/C20H34FN3O2/c1-5-20(6-2,11-12-25)15-24-19(22-7-3)23-14-16-9-10-18(26-8-4)17(21)13-16/h9-10,13,25H,5-8,11-12,14-15H2,1-4H3,(H2,22,23,24). The van der Waals surface area contributed by atoms with Crippen LogP contribution < -0.4 is 15.4 Å². The molecular weight excluding hydrogens is 333 g/mol. The zero-order chi connectivity index (χ0) is 19.4. The summed E-state index contributed by atoms with van der Waals surface area (Å²) < 4.78 is 19.2. The van der Waals surface area contributed by atoms with Gasteiger partial charge < -0.3 is 20.5 Å². The molecule has 0 unspecified atom stereocenters. The molecule has 0 aliphatic heterocycles. The van der Waals surface area contributed by atoms with Gasteiger partial charge in [0, 0.05) is 19.7 Å². The Bertz CT molecular complexity index is 560. The van der Waals surface area contributed by atoms with Crippen molar-refractivity contribution in [2.45, 2.75) is 53.5 Å². The van der Waals surface area contributed by atoms with Gasteiger partial charge in [0.2, 0.25) is 0 Å². The van der Waals surface area contributed by atoms with Crippen LogP contribution in [0.5, 0.6) is 5.75 Å². The number of halogens is 1. The predicted octanol–water partition coefficient (Wildman–Crippen LogP) is 3.47. The topological polar surface area (TPSA) is 65.9 Å². The molecule has 1 aromatic rings. The van der Waals surface area contributed by atoms with Crippen LogP contribution in [0.2, 0.25) is 0 Å². The molecular formula is C20H34FN3O2. The van der Waals surface area contributed by atoms with Gasteiger partial charge in [-0.3, -0.25) is 0 Å². The largest absolute Gasteiger partial charge is 0.491 e. The van der Waals surface area contributed by atoms with Crippen molar-refractivity contribution in [3.05, 3.63) is 29.6 Å². The molecule has 5 nitrogen and oxygen atoms in total. The molecule has 0 saturated carbocycles. The molecule has 148 valence electrons. The Morgan fingerprint density at radius 1 is 1.19 bits per heavy atom. The third kappa shape index (κ3) is 6.83. The lowest BCUT2D eigenvalue weighted by molar-refractivity contribution is 0.169. The Morgan fingerprint density at radius 2 is 1.92 bits per heavy atom. The smallest absolute Gasteiger partial charge is 0.191 e. The summed E-state index contributed by atoms with van der Waals surface area (Å²) in [6, 6.07) is 4.94. The highest BCUT2D eigenvalue weighted by Gasteiger charge is 2.25. The predicted molar refractivity (Wildman–Crippen MR) is 105 cm³/mol. The summed E-state index contributed by atoms with van der Waals surface area (Å²) in [5.41, 5.74) is 0.840. The Balaban J connectivity index is 2.78. The van der Waals surface area contributed by atoms with Gasteiger partial charge in [-0.2, -0.15) is 0 Å². The lowest BCUT2D eigenvalue weighted by Crippen LogP contribution is -2.43. The number of hydrogen-bond donors (Lipinski definition) is 3. The van der Waals surface area contributed by atoms with Crippen molar-refractivity contribution in [3.63, 3.8) is 0 Å². The van der Waals surface area contributed by atoms with Crippen molar-refractivity contribution in [1.29, 1.82) is 0 Å². The fourth-order valence-corrected chi connectivity index (χ4v) is 2.88. The van der Waals surface area contributed by atoms with Crippen LogP contribution in [-0.4, -0.2) is 37.4 Å². The minimum atomic E-state index is -0.364. The molecule has 0 aliphatic carbocycles. The molecule has 0 aromatic heterocycles. The number of rotatable bonds is 11. The number of ether oxygens (including phenoxy) is 1. The fraction of sp³-hybridized carbons (Fsp3) is 0.650. The zero-order valence-corrected chi connectivity index (χ0v) is 16.6. The summed E-state index contributed by atoms with van der Waals surface area (Å²) >= 11 is 0. The lowest BCUT2D eigenvalue weighted by atomic mass is 9.79. The molecule has 0 saturated heterocycles. The Labute approximate surface area is 157 Å². The van der Waals surface area contributed by atoms with Crippen LogP contribution in [0, 0.1) is 11.2 Å². The molecule has 0 amide bonds. The average molecular weight is 368 g/mol. The van der Waals surface area contributed by atoms with Crippen LogP contribution in [0.25, 0.3) is 0 Å². The summed E-state index contributed by atoms with van der Waals surface area (Å²) in [6.07, 6.45) is 2.73. The second kappa shape index (κ2) is 11.7. The molecule has 6 heteroatoms. The van der Waals surface area contributed by atoms with Crippen LogP contribution in [-0.2, 0) is 6.54 Å². The normalized spacial score (nSPS) is 12.2. The highest BCUT2D eigenvalue weighted by atomic mass is 19.1. The number of hydrogen-bond acceptors (Lipinski definition) is 3. The quantitative estimate of drug-likeness (QED) is 0.414. The lowest BCUT2D eigenvalue weighted by Gasteiger charge is -2.32. The maximum absolute atomic E-state index is 14.0. The summed E-state index contributed by atoms with van der Waals surface area (Å²) in [5, 5.41) is 15.9. The van der Waals surface area contributed by atoms with E-state index in [0.717, 1.165) is 37.9 Å². The number of nitrogens with one attached hydrogen (secondary N) is 2. The summed E-state index contributed by atoms with van der Waals surface area (Å²) in [5.74, 6) is 0.604. The van der Waals surface area contributed by atoms with E-state index in [1.54, 1.807) is 6.07 Å². The van der Waals surface area contributed by atoms with E-state index >= 15 is 0 Å². The monoisotopic (exact) mass is 367 g/mol. The summed E-state index contributed by atoms with van der Waals surface area (Å²) in [4.78, 5) is 4.56. The molecule has 1 rings (SSSR count). The van der Waals surface area contributed by atoms with E-state index in [1.165, 1.54) is 6.07 Å². The van der Waals surface area contributed by atoms with E-state index in [-0.39, 0.29) is 23.6 Å². The molecule has 0 aliphatic rings. The molecule has 1 aromatic carbocycles. The first kappa shape index (κ1) is 22.2. The molecule has 0 spiro atoms. The second-order valence-electron chi connectivity index (χ2n) is 6.43. The third-order valence-corrected chi connectivity index (χ3v) is 4.83. The fourth-order valence-electron chi connectivity index (χ4n) is 2.88. The first-order chi connectivity index (χ1) is 12.5. The maximum atomic E-state index is 14.0. The number of nitrogens with zero attached hydrogens (tertiary/aromatic N) is 1. The van der Waals surface area contributed by atoms with Crippen LogP contribution >= 0.6 is 0 Å². The minimum absolute atomic E-state index is 0.0518. The molecule has 3 N–H and O–H groups in total.